The highest BCUT2D eigenvalue weighted by atomic mass is 16.6. The van der Waals surface area contributed by atoms with Gasteiger partial charge in [-0.05, 0) is 96.3 Å². The second-order valence-corrected chi connectivity index (χ2v) is 14.5. The van der Waals surface area contributed by atoms with Gasteiger partial charge in [0.25, 0.3) is 0 Å². The fraction of sp³-hybridized carbons (Fsp3) is 0.647. The molecule has 1 atom stereocenters. The molecule has 0 saturated carbocycles. The Morgan fingerprint density at radius 2 is 0.804 bits per heavy atom. The van der Waals surface area contributed by atoms with Crippen LogP contribution in [0.2, 0.25) is 0 Å². The lowest BCUT2D eigenvalue weighted by molar-refractivity contribution is -0.163. The Labute approximate surface area is 345 Å². The highest BCUT2D eigenvalue weighted by molar-refractivity contribution is 5.70. The van der Waals surface area contributed by atoms with Crippen molar-refractivity contribution in [2.24, 2.45) is 0 Å². The summed E-state index contributed by atoms with van der Waals surface area (Å²) >= 11 is 0. The molecule has 0 bridgehead atoms. The number of hydrogen-bond donors (Lipinski definition) is 0. The molecule has 0 rings (SSSR count). The summed E-state index contributed by atoms with van der Waals surface area (Å²) in [5.74, 6) is -0.456. The Morgan fingerprint density at radius 1 is 0.411 bits per heavy atom. The highest BCUT2D eigenvalue weighted by Gasteiger charge is 2.17. The molecule has 318 valence electrons. The summed E-state index contributed by atoms with van der Waals surface area (Å²) in [5, 5.41) is 0. The van der Waals surface area contributed by atoms with Gasteiger partial charge >= 0.3 is 11.9 Å². The van der Waals surface area contributed by atoms with Crippen LogP contribution in [0.25, 0.3) is 0 Å². The molecule has 0 saturated heterocycles. The van der Waals surface area contributed by atoms with Crippen molar-refractivity contribution in [1.82, 2.24) is 0 Å². The zero-order valence-electron chi connectivity index (χ0n) is 36.4. The predicted octanol–water partition coefficient (Wildman–Crippen LogP) is 15.1. The Morgan fingerprint density at radius 3 is 1.29 bits per heavy atom. The highest BCUT2D eigenvalue weighted by Crippen LogP contribution is 2.11. The minimum Gasteiger partial charge on any atom is -0.462 e. The van der Waals surface area contributed by atoms with Crippen molar-refractivity contribution in [2.45, 2.75) is 194 Å². The fourth-order valence-corrected chi connectivity index (χ4v) is 5.78. The van der Waals surface area contributed by atoms with Gasteiger partial charge in [-0.1, -0.05) is 176 Å². The van der Waals surface area contributed by atoms with E-state index in [1.807, 2.05) is 0 Å². The van der Waals surface area contributed by atoms with Gasteiger partial charge in [-0.2, -0.15) is 0 Å². The average molecular weight is 777 g/mol. The number of unbranched alkanes of at least 4 members (excludes halogenated alkanes) is 13. The van der Waals surface area contributed by atoms with E-state index in [4.69, 9.17) is 14.2 Å². The van der Waals surface area contributed by atoms with Crippen LogP contribution in [0, 0.1) is 0 Å². The molecule has 0 radical (unpaired) electrons. The third-order valence-corrected chi connectivity index (χ3v) is 9.12. The maximum atomic E-state index is 12.5. The van der Waals surface area contributed by atoms with Gasteiger partial charge < -0.3 is 14.2 Å². The van der Waals surface area contributed by atoms with Crippen molar-refractivity contribution in [2.75, 3.05) is 19.8 Å². The molecule has 5 heteroatoms. The van der Waals surface area contributed by atoms with Gasteiger partial charge in [-0.15, -0.1) is 0 Å². The van der Waals surface area contributed by atoms with E-state index in [1.165, 1.54) is 32.1 Å². The number of rotatable bonds is 40. The molecule has 0 N–H and O–H groups in total. The maximum absolute atomic E-state index is 12.5. The average Bonchev–Trinajstić information content (AvgIpc) is 3.20. The number of hydrogen-bond acceptors (Lipinski definition) is 5. The molecular formula is C51H84O5. The zero-order chi connectivity index (χ0) is 40.7. The van der Waals surface area contributed by atoms with Crippen LogP contribution in [-0.4, -0.2) is 37.9 Å². The Kier molecular flexibility index (Phi) is 43.6. The molecule has 1 unspecified atom stereocenters. The minimum absolute atomic E-state index is 0.0591. The summed E-state index contributed by atoms with van der Waals surface area (Å²) in [7, 11) is 0. The van der Waals surface area contributed by atoms with E-state index in [0.717, 1.165) is 122 Å². The van der Waals surface area contributed by atoms with Crippen molar-refractivity contribution in [3.05, 3.63) is 97.2 Å². The Balaban J connectivity index is 4.16. The molecule has 0 aliphatic rings. The topological polar surface area (TPSA) is 61.8 Å². The normalized spacial score (nSPS) is 13.1. The Bertz CT molecular complexity index is 1110. The van der Waals surface area contributed by atoms with E-state index in [1.54, 1.807) is 0 Å². The summed E-state index contributed by atoms with van der Waals surface area (Å²) in [6.07, 6.45) is 61.5. The summed E-state index contributed by atoms with van der Waals surface area (Å²) in [6.45, 7) is 7.44. The van der Waals surface area contributed by atoms with Gasteiger partial charge in [0.15, 0.2) is 6.10 Å². The summed E-state index contributed by atoms with van der Waals surface area (Å²) < 4.78 is 17.2. The third kappa shape index (κ3) is 43.5. The SMILES string of the molecule is CC/C=C\C/C=C\C/C=C\C/C=C\CCCCCCCOCC(COC(=O)CCCCCC/C=C\C/C=C\C/C=C\C/C=C\CC)OC(=O)CCCCCCC. The number of esters is 2. The monoisotopic (exact) mass is 777 g/mol. The summed E-state index contributed by atoms with van der Waals surface area (Å²) in [6, 6.07) is 0. The van der Waals surface area contributed by atoms with Crippen molar-refractivity contribution in [3.8, 4) is 0 Å². The molecule has 0 amide bonds. The number of allylic oxidation sites excluding steroid dienone is 16. The fourth-order valence-electron chi connectivity index (χ4n) is 5.78. The van der Waals surface area contributed by atoms with E-state index < -0.39 is 6.10 Å². The van der Waals surface area contributed by atoms with Crippen LogP contribution in [-0.2, 0) is 23.8 Å². The number of carbonyl (C=O) groups is 2. The molecule has 0 aromatic heterocycles. The van der Waals surface area contributed by atoms with Crippen molar-refractivity contribution in [3.63, 3.8) is 0 Å². The molecule has 56 heavy (non-hydrogen) atoms. The zero-order valence-corrected chi connectivity index (χ0v) is 36.4. The first-order valence-corrected chi connectivity index (χ1v) is 22.8. The first kappa shape index (κ1) is 52.8. The molecule has 0 aliphatic carbocycles. The van der Waals surface area contributed by atoms with Gasteiger partial charge in [0.2, 0.25) is 0 Å². The van der Waals surface area contributed by atoms with Crippen molar-refractivity contribution >= 4 is 11.9 Å². The quantitative estimate of drug-likeness (QED) is 0.0352. The maximum Gasteiger partial charge on any atom is 0.306 e. The van der Waals surface area contributed by atoms with Gasteiger partial charge in [-0.25, -0.2) is 0 Å². The van der Waals surface area contributed by atoms with E-state index in [9.17, 15) is 9.59 Å². The first-order chi connectivity index (χ1) is 27.6. The molecular weight excluding hydrogens is 693 g/mol. The van der Waals surface area contributed by atoms with Crippen LogP contribution in [0.3, 0.4) is 0 Å². The van der Waals surface area contributed by atoms with Gasteiger partial charge in [0.1, 0.15) is 6.61 Å². The number of carbonyl (C=O) groups excluding carboxylic acids is 2. The van der Waals surface area contributed by atoms with Crippen LogP contribution in [0.4, 0.5) is 0 Å². The van der Waals surface area contributed by atoms with Gasteiger partial charge in [0.05, 0.1) is 6.61 Å². The smallest absolute Gasteiger partial charge is 0.306 e. The summed E-state index contributed by atoms with van der Waals surface area (Å²) in [4.78, 5) is 25.0. The molecule has 0 aromatic rings. The number of ether oxygens (including phenoxy) is 3. The molecule has 5 nitrogen and oxygen atoms in total. The standard InChI is InChI=1S/C51H84O5/c1-4-7-10-13-15-17-19-21-23-25-27-29-31-33-35-37-40-43-46-54-47-49(56-51(53)45-42-38-12-9-6-3)48-55-50(52)44-41-39-36-34-32-30-28-26-24-22-20-18-16-14-11-8-5-2/h7-8,10-11,15-18,21-24,27-30,49H,4-6,9,12-14,19-20,25-26,31-48H2,1-3H3/b10-7-,11-8-,17-15-,18-16-,23-21-,24-22-,29-27-,30-28-. The van der Waals surface area contributed by atoms with E-state index >= 15 is 0 Å². The van der Waals surface area contributed by atoms with Gasteiger partial charge in [-0.3, -0.25) is 9.59 Å². The van der Waals surface area contributed by atoms with Crippen LogP contribution in [0.5, 0.6) is 0 Å². The second-order valence-electron chi connectivity index (χ2n) is 14.5. The molecule has 0 aromatic carbocycles. The van der Waals surface area contributed by atoms with E-state index in [2.05, 4.69) is 118 Å². The van der Waals surface area contributed by atoms with Crippen molar-refractivity contribution < 1.29 is 23.8 Å². The predicted molar refractivity (Wildman–Crippen MR) is 242 cm³/mol. The van der Waals surface area contributed by atoms with Crippen LogP contribution >= 0.6 is 0 Å². The molecule has 0 aliphatic heterocycles. The van der Waals surface area contributed by atoms with E-state index in [-0.39, 0.29) is 25.2 Å². The lowest BCUT2D eigenvalue weighted by Gasteiger charge is -2.18. The van der Waals surface area contributed by atoms with Gasteiger partial charge in [0, 0.05) is 19.4 Å². The van der Waals surface area contributed by atoms with Crippen molar-refractivity contribution in [1.29, 1.82) is 0 Å². The molecule has 0 spiro atoms. The lowest BCUT2D eigenvalue weighted by atomic mass is 10.1. The van der Waals surface area contributed by atoms with Crippen LogP contribution in [0.15, 0.2) is 97.2 Å². The minimum atomic E-state index is -0.556. The first-order valence-electron chi connectivity index (χ1n) is 22.8. The van der Waals surface area contributed by atoms with Crippen LogP contribution in [0.1, 0.15) is 188 Å². The van der Waals surface area contributed by atoms with E-state index in [0.29, 0.717) is 19.4 Å². The Hall–Kier alpha value is -3.18. The summed E-state index contributed by atoms with van der Waals surface area (Å²) in [5.41, 5.74) is 0. The molecule has 0 heterocycles. The van der Waals surface area contributed by atoms with Crippen LogP contribution < -0.4 is 0 Å². The molecule has 0 fully saturated rings. The third-order valence-electron chi connectivity index (χ3n) is 9.12. The second kappa shape index (κ2) is 46.2. The largest absolute Gasteiger partial charge is 0.462 e. The lowest BCUT2D eigenvalue weighted by Crippen LogP contribution is -2.30.